The molecule has 0 radical (unpaired) electrons. The number of nitrogens with zero attached hydrogens (tertiary/aromatic N) is 1. The Morgan fingerprint density at radius 2 is 1.87 bits per heavy atom. The Kier molecular flexibility index (Phi) is 5.46. The van der Waals surface area contributed by atoms with Gasteiger partial charge in [0.25, 0.3) is 5.91 Å². The van der Waals surface area contributed by atoms with E-state index in [4.69, 9.17) is 0 Å². The van der Waals surface area contributed by atoms with Crippen LogP contribution in [0.4, 0.5) is 5.82 Å². The first-order chi connectivity index (χ1) is 10.8. The quantitative estimate of drug-likeness (QED) is 0.843. The van der Waals surface area contributed by atoms with Gasteiger partial charge in [0, 0.05) is 18.3 Å². The third-order valence-electron chi connectivity index (χ3n) is 3.15. The predicted octanol–water partition coefficient (Wildman–Crippen LogP) is 1.73. The molecular weight excluding hydrogens is 314 g/mol. The zero-order valence-corrected chi connectivity index (χ0v) is 13.9. The highest BCUT2D eigenvalue weighted by molar-refractivity contribution is 7.88. The Labute approximate surface area is 136 Å². The molecule has 6 nitrogen and oxygen atoms in total. The first kappa shape index (κ1) is 17.1. The van der Waals surface area contributed by atoms with Crippen LogP contribution in [0.1, 0.15) is 21.5 Å². The Morgan fingerprint density at radius 1 is 1.17 bits per heavy atom. The number of benzene rings is 1. The van der Waals surface area contributed by atoms with Crippen LogP contribution in [-0.4, -0.2) is 32.1 Å². The van der Waals surface area contributed by atoms with E-state index in [0.29, 0.717) is 24.3 Å². The van der Waals surface area contributed by atoms with Crippen molar-refractivity contribution in [3.63, 3.8) is 0 Å². The van der Waals surface area contributed by atoms with E-state index in [1.54, 1.807) is 24.4 Å². The van der Waals surface area contributed by atoms with E-state index in [9.17, 15) is 13.2 Å². The third-order valence-corrected chi connectivity index (χ3v) is 3.88. The van der Waals surface area contributed by atoms with Crippen molar-refractivity contribution in [3.05, 3.63) is 59.3 Å². The van der Waals surface area contributed by atoms with Crippen molar-refractivity contribution in [1.29, 1.82) is 0 Å². The number of sulfonamides is 1. The molecule has 0 atom stereocenters. The number of carbonyl (C=O) groups excluding carboxylic acids is 1. The fourth-order valence-corrected chi connectivity index (χ4v) is 2.47. The zero-order chi connectivity index (χ0) is 16.9. The normalized spacial score (nSPS) is 11.2. The van der Waals surface area contributed by atoms with Crippen molar-refractivity contribution in [3.8, 4) is 0 Å². The predicted molar refractivity (Wildman–Crippen MR) is 89.9 cm³/mol. The highest BCUT2D eigenvalue weighted by Crippen LogP contribution is 2.10. The lowest BCUT2D eigenvalue weighted by molar-refractivity contribution is 0.102. The number of hydrogen-bond donors (Lipinski definition) is 2. The second-order valence-electron chi connectivity index (χ2n) is 5.29. The van der Waals surface area contributed by atoms with Crippen molar-refractivity contribution in [2.24, 2.45) is 0 Å². The molecule has 1 amide bonds. The van der Waals surface area contributed by atoms with Crippen LogP contribution in [0.2, 0.25) is 0 Å². The lowest BCUT2D eigenvalue weighted by Crippen LogP contribution is -2.24. The van der Waals surface area contributed by atoms with Gasteiger partial charge in [0.2, 0.25) is 10.0 Å². The lowest BCUT2D eigenvalue weighted by atomic mass is 10.1. The van der Waals surface area contributed by atoms with Gasteiger partial charge in [-0.25, -0.2) is 18.1 Å². The monoisotopic (exact) mass is 333 g/mol. The van der Waals surface area contributed by atoms with Gasteiger partial charge in [-0.05, 0) is 48.7 Å². The number of pyridine rings is 1. The summed E-state index contributed by atoms with van der Waals surface area (Å²) >= 11 is 0. The molecule has 0 aliphatic carbocycles. The minimum Gasteiger partial charge on any atom is -0.307 e. The minimum atomic E-state index is -3.18. The van der Waals surface area contributed by atoms with Gasteiger partial charge in [-0.1, -0.05) is 12.1 Å². The first-order valence-corrected chi connectivity index (χ1v) is 9.00. The molecule has 0 saturated carbocycles. The van der Waals surface area contributed by atoms with Crippen LogP contribution in [0, 0.1) is 6.92 Å². The molecule has 1 aromatic carbocycles. The number of hydrogen-bond acceptors (Lipinski definition) is 4. The molecule has 0 saturated heterocycles. The highest BCUT2D eigenvalue weighted by atomic mass is 32.2. The molecule has 23 heavy (non-hydrogen) atoms. The third kappa shape index (κ3) is 5.80. The van der Waals surface area contributed by atoms with E-state index in [0.717, 1.165) is 17.4 Å². The number of rotatable bonds is 6. The summed E-state index contributed by atoms with van der Waals surface area (Å²) in [6, 6.07) is 10.7. The minimum absolute atomic E-state index is 0.232. The summed E-state index contributed by atoms with van der Waals surface area (Å²) in [5, 5.41) is 2.74. The molecular formula is C16H19N3O3S. The van der Waals surface area contributed by atoms with E-state index in [-0.39, 0.29) is 5.91 Å². The Morgan fingerprint density at radius 3 is 2.48 bits per heavy atom. The van der Waals surface area contributed by atoms with Gasteiger partial charge in [0.05, 0.1) is 6.26 Å². The van der Waals surface area contributed by atoms with E-state index in [2.05, 4.69) is 15.0 Å². The Balaban J connectivity index is 1.94. The van der Waals surface area contributed by atoms with E-state index in [1.165, 1.54) is 0 Å². The summed E-state index contributed by atoms with van der Waals surface area (Å²) in [6.07, 6.45) is 3.33. The molecule has 0 spiro atoms. The summed E-state index contributed by atoms with van der Waals surface area (Å²) in [4.78, 5) is 16.2. The molecule has 0 aliphatic rings. The fourth-order valence-electron chi connectivity index (χ4n) is 2.00. The van der Waals surface area contributed by atoms with E-state index in [1.807, 2.05) is 25.1 Å². The second kappa shape index (κ2) is 7.34. The van der Waals surface area contributed by atoms with Crippen LogP contribution >= 0.6 is 0 Å². The van der Waals surface area contributed by atoms with Crippen molar-refractivity contribution < 1.29 is 13.2 Å². The van der Waals surface area contributed by atoms with Crippen LogP contribution < -0.4 is 10.0 Å². The average molecular weight is 333 g/mol. The molecule has 2 aromatic rings. The van der Waals surface area contributed by atoms with Crippen molar-refractivity contribution >= 4 is 21.7 Å². The van der Waals surface area contributed by atoms with Crippen LogP contribution in [-0.2, 0) is 16.4 Å². The number of nitrogens with one attached hydrogen (secondary N) is 2. The topological polar surface area (TPSA) is 88.2 Å². The number of amides is 1. The molecule has 0 bridgehead atoms. The number of aromatic nitrogens is 1. The highest BCUT2D eigenvalue weighted by Gasteiger charge is 2.07. The maximum absolute atomic E-state index is 12.1. The van der Waals surface area contributed by atoms with Crippen molar-refractivity contribution in [2.45, 2.75) is 13.3 Å². The number of carbonyl (C=O) groups is 1. The summed E-state index contributed by atoms with van der Waals surface area (Å²) in [5.41, 5.74) is 2.49. The molecule has 122 valence electrons. The van der Waals surface area contributed by atoms with Crippen LogP contribution in [0.25, 0.3) is 0 Å². The van der Waals surface area contributed by atoms with Crippen LogP contribution in [0.15, 0.2) is 42.6 Å². The maximum atomic E-state index is 12.1. The average Bonchev–Trinajstić information content (AvgIpc) is 2.46. The summed E-state index contributed by atoms with van der Waals surface area (Å²) in [7, 11) is -3.18. The van der Waals surface area contributed by atoms with E-state index < -0.39 is 10.0 Å². The first-order valence-electron chi connectivity index (χ1n) is 7.11. The lowest BCUT2D eigenvalue weighted by Gasteiger charge is -2.06. The molecule has 2 N–H and O–H groups in total. The fraction of sp³-hybridized carbons (Fsp3) is 0.250. The standard InChI is InChI=1S/C16H19N3O3S/c1-12-7-9-17-15(11-12)19-16(20)14-5-3-13(4-6-14)8-10-18-23(2,21)22/h3-7,9,11,18H,8,10H2,1-2H3,(H,17,19,20). The van der Waals surface area contributed by atoms with Crippen LogP contribution in [0.3, 0.4) is 0 Å². The van der Waals surface area contributed by atoms with E-state index >= 15 is 0 Å². The molecule has 7 heteroatoms. The maximum Gasteiger partial charge on any atom is 0.256 e. The van der Waals surface area contributed by atoms with Gasteiger partial charge in [0.15, 0.2) is 0 Å². The Bertz CT molecular complexity index is 786. The van der Waals surface area contributed by atoms with Gasteiger partial charge < -0.3 is 5.32 Å². The summed E-state index contributed by atoms with van der Waals surface area (Å²) in [5.74, 6) is 0.278. The van der Waals surface area contributed by atoms with Crippen molar-refractivity contribution in [1.82, 2.24) is 9.71 Å². The molecule has 2 rings (SSSR count). The SMILES string of the molecule is Cc1ccnc(NC(=O)c2ccc(CCNS(C)(=O)=O)cc2)c1. The van der Waals surface area contributed by atoms with Gasteiger partial charge in [-0.15, -0.1) is 0 Å². The smallest absolute Gasteiger partial charge is 0.256 e. The number of aryl methyl sites for hydroxylation is 1. The molecule has 1 heterocycles. The molecule has 1 aromatic heterocycles. The largest absolute Gasteiger partial charge is 0.307 e. The van der Waals surface area contributed by atoms with Crippen LogP contribution in [0.5, 0.6) is 0 Å². The second-order valence-corrected chi connectivity index (χ2v) is 7.12. The molecule has 0 unspecified atom stereocenters. The number of anilines is 1. The van der Waals surface area contributed by atoms with Gasteiger partial charge in [-0.3, -0.25) is 4.79 Å². The summed E-state index contributed by atoms with van der Waals surface area (Å²) < 4.78 is 24.4. The molecule has 0 aliphatic heterocycles. The zero-order valence-electron chi connectivity index (χ0n) is 13.0. The van der Waals surface area contributed by atoms with Gasteiger partial charge in [-0.2, -0.15) is 0 Å². The molecule has 0 fully saturated rings. The Hall–Kier alpha value is -2.25. The van der Waals surface area contributed by atoms with Gasteiger partial charge >= 0.3 is 0 Å². The van der Waals surface area contributed by atoms with Gasteiger partial charge in [0.1, 0.15) is 5.82 Å². The van der Waals surface area contributed by atoms with Crippen molar-refractivity contribution in [2.75, 3.05) is 18.1 Å². The summed E-state index contributed by atoms with van der Waals surface area (Å²) in [6.45, 7) is 2.26.